The number of ether oxygens (including phenoxy) is 1. The standard InChI is InChI=1S/C16H29N3O/c1-13(2)17-11-15-7-6-8-16(18-15)12-19(14(3)4)9-10-20-5/h6-8,13-14,17H,9-12H2,1-5H3. The van der Waals surface area contributed by atoms with Crippen molar-refractivity contribution in [2.45, 2.75) is 52.9 Å². The Hall–Kier alpha value is -0.970. The van der Waals surface area contributed by atoms with Crippen LogP contribution < -0.4 is 5.32 Å². The maximum absolute atomic E-state index is 5.18. The van der Waals surface area contributed by atoms with Crippen molar-refractivity contribution in [3.63, 3.8) is 0 Å². The van der Waals surface area contributed by atoms with Crippen molar-refractivity contribution >= 4 is 0 Å². The molecule has 0 aromatic carbocycles. The molecule has 0 amide bonds. The first kappa shape index (κ1) is 17.1. The quantitative estimate of drug-likeness (QED) is 0.753. The summed E-state index contributed by atoms with van der Waals surface area (Å²) in [6.45, 7) is 12.1. The van der Waals surface area contributed by atoms with Gasteiger partial charge in [-0.15, -0.1) is 0 Å². The van der Waals surface area contributed by atoms with E-state index in [0.717, 1.165) is 37.6 Å². The van der Waals surface area contributed by atoms with Gasteiger partial charge in [-0.3, -0.25) is 9.88 Å². The van der Waals surface area contributed by atoms with E-state index >= 15 is 0 Å². The van der Waals surface area contributed by atoms with Crippen molar-refractivity contribution < 1.29 is 4.74 Å². The van der Waals surface area contributed by atoms with Crippen molar-refractivity contribution in [3.8, 4) is 0 Å². The number of pyridine rings is 1. The highest BCUT2D eigenvalue weighted by Crippen LogP contribution is 2.07. The number of rotatable bonds is 9. The summed E-state index contributed by atoms with van der Waals surface area (Å²) in [6.07, 6.45) is 0. The fourth-order valence-corrected chi connectivity index (χ4v) is 1.96. The molecule has 4 nitrogen and oxygen atoms in total. The van der Waals surface area contributed by atoms with Gasteiger partial charge in [-0.2, -0.15) is 0 Å². The third-order valence-corrected chi connectivity index (χ3v) is 3.23. The van der Waals surface area contributed by atoms with Crippen LogP contribution >= 0.6 is 0 Å². The minimum atomic E-state index is 0.481. The van der Waals surface area contributed by atoms with E-state index in [-0.39, 0.29) is 0 Å². The van der Waals surface area contributed by atoms with Gasteiger partial charge in [-0.1, -0.05) is 19.9 Å². The Morgan fingerprint density at radius 3 is 2.50 bits per heavy atom. The maximum atomic E-state index is 5.18. The van der Waals surface area contributed by atoms with Crippen molar-refractivity contribution in [1.82, 2.24) is 15.2 Å². The summed E-state index contributed by atoms with van der Waals surface area (Å²) in [6, 6.07) is 7.24. The Labute approximate surface area is 123 Å². The Kier molecular flexibility index (Phi) is 7.73. The van der Waals surface area contributed by atoms with E-state index in [9.17, 15) is 0 Å². The molecule has 0 saturated carbocycles. The lowest BCUT2D eigenvalue weighted by molar-refractivity contribution is 0.124. The SMILES string of the molecule is COCCN(Cc1cccc(CNC(C)C)n1)C(C)C. The minimum Gasteiger partial charge on any atom is -0.383 e. The average Bonchev–Trinajstić information content (AvgIpc) is 2.41. The smallest absolute Gasteiger partial charge is 0.0589 e. The lowest BCUT2D eigenvalue weighted by Crippen LogP contribution is -2.33. The van der Waals surface area contributed by atoms with Crippen molar-refractivity contribution in [1.29, 1.82) is 0 Å². The highest BCUT2D eigenvalue weighted by Gasteiger charge is 2.11. The van der Waals surface area contributed by atoms with Gasteiger partial charge in [-0.05, 0) is 26.0 Å². The highest BCUT2D eigenvalue weighted by molar-refractivity contribution is 5.11. The number of aromatic nitrogens is 1. The lowest BCUT2D eigenvalue weighted by atomic mass is 10.2. The van der Waals surface area contributed by atoms with Crippen LogP contribution in [-0.2, 0) is 17.8 Å². The molecule has 0 aliphatic carbocycles. The summed E-state index contributed by atoms with van der Waals surface area (Å²) in [5, 5.41) is 3.40. The Morgan fingerprint density at radius 2 is 1.90 bits per heavy atom. The summed E-state index contributed by atoms with van der Waals surface area (Å²) in [4.78, 5) is 7.11. The summed E-state index contributed by atoms with van der Waals surface area (Å²) >= 11 is 0. The Bertz CT molecular complexity index is 380. The number of hydrogen-bond donors (Lipinski definition) is 1. The van der Waals surface area contributed by atoms with Crippen LogP contribution in [0.3, 0.4) is 0 Å². The fourth-order valence-electron chi connectivity index (χ4n) is 1.96. The molecule has 1 N–H and O–H groups in total. The molecule has 0 aliphatic rings. The van der Waals surface area contributed by atoms with Crippen LogP contribution in [0.2, 0.25) is 0 Å². The van der Waals surface area contributed by atoms with E-state index in [1.165, 1.54) is 0 Å². The zero-order valence-corrected chi connectivity index (χ0v) is 13.5. The first-order chi connectivity index (χ1) is 9.52. The Balaban J connectivity index is 2.62. The van der Waals surface area contributed by atoms with Gasteiger partial charge in [-0.25, -0.2) is 0 Å². The van der Waals surface area contributed by atoms with Crippen LogP contribution in [0, 0.1) is 0 Å². The Morgan fingerprint density at radius 1 is 1.20 bits per heavy atom. The van der Waals surface area contributed by atoms with Crippen molar-refractivity contribution in [2.24, 2.45) is 0 Å². The molecule has 1 aromatic rings. The molecule has 0 bridgehead atoms. The summed E-state index contributed by atoms with van der Waals surface area (Å²) < 4.78 is 5.18. The van der Waals surface area contributed by atoms with Crippen LogP contribution in [0.25, 0.3) is 0 Å². The molecule has 1 heterocycles. The monoisotopic (exact) mass is 279 g/mol. The third kappa shape index (κ3) is 6.46. The zero-order valence-electron chi connectivity index (χ0n) is 13.5. The van der Waals surface area contributed by atoms with E-state index in [4.69, 9.17) is 9.72 Å². The summed E-state index contributed by atoms with van der Waals surface area (Å²) in [5.74, 6) is 0. The second-order valence-electron chi connectivity index (χ2n) is 5.71. The van der Waals surface area contributed by atoms with Crippen LogP contribution in [0.1, 0.15) is 39.1 Å². The van der Waals surface area contributed by atoms with E-state index < -0.39 is 0 Å². The van der Waals surface area contributed by atoms with E-state index in [0.29, 0.717) is 12.1 Å². The number of hydrogen-bond acceptors (Lipinski definition) is 4. The van der Waals surface area contributed by atoms with Crippen molar-refractivity contribution in [3.05, 3.63) is 29.6 Å². The number of nitrogens with zero attached hydrogens (tertiary/aromatic N) is 2. The number of nitrogens with one attached hydrogen (secondary N) is 1. The van der Waals surface area contributed by atoms with E-state index in [1.807, 2.05) is 0 Å². The van der Waals surface area contributed by atoms with Gasteiger partial charge in [0.25, 0.3) is 0 Å². The predicted octanol–water partition coefficient (Wildman–Crippen LogP) is 2.44. The molecule has 0 radical (unpaired) electrons. The molecule has 1 rings (SSSR count). The van der Waals surface area contributed by atoms with E-state index in [2.05, 4.69) is 56.1 Å². The second kappa shape index (κ2) is 9.06. The molecule has 20 heavy (non-hydrogen) atoms. The van der Waals surface area contributed by atoms with Crippen LogP contribution in [-0.4, -0.2) is 42.2 Å². The van der Waals surface area contributed by atoms with Gasteiger partial charge in [0.1, 0.15) is 0 Å². The largest absolute Gasteiger partial charge is 0.383 e. The molecule has 0 atom stereocenters. The molecular weight excluding hydrogens is 250 g/mol. The van der Waals surface area contributed by atoms with E-state index in [1.54, 1.807) is 7.11 Å². The molecule has 0 spiro atoms. The second-order valence-corrected chi connectivity index (χ2v) is 5.71. The van der Waals surface area contributed by atoms with Crippen molar-refractivity contribution in [2.75, 3.05) is 20.3 Å². The van der Waals surface area contributed by atoms with Gasteiger partial charge < -0.3 is 10.1 Å². The lowest BCUT2D eigenvalue weighted by Gasteiger charge is -2.25. The molecule has 4 heteroatoms. The first-order valence-corrected chi connectivity index (χ1v) is 7.44. The molecular formula is C16H29N3O. The first-order valence-electron chi connectivity index (χ1n) is 7.44. The van der Waals surface area contributed by atoms with Gasteiger partial charge >= 0.3 is 0 Å². The fraction of sp³-hybridized carbons (Fsp3) is 0.688. The minimum absolute atomic E-state index is 0.481. The van der Waals surface area contributed by atoms with Gasteiger partial charge in [0.15, 0.2) is 0 Å². The summed E-state index contributed by atoms with van der Waals surface area (Å²) in [5.41, 5.74) is 2.23. The molecule has 0 fully saturated rings. The summed E-state index contributed by atoms with van der Waals surface area (Å²) in [7, 11) is 1.75. The van der Waals surface area contributed by atoms with Gasteiger partial charge in [0.05, 0.1) is 18.0 Å². The highest BCUT2D eigenvalue weighted by atomic mass is 16.5. The predicted molar refractivity (Wildman–Crippen MR) is 83.6 cm³/mol. The van der Waals surface area contributed by atoms with Gasteiger partial charge in [0.2, 0.25) is 0 Å². The van der Waals surface area contributed by atoms with Crippen LogP contribution in [0.15, 0.2) is 18.2 Å². The van der Waals surface area contributed by atoms with Crippen LogP contribution in [0.4, 0.5) is 0 Å². The van der Waals surface area contributed by atoms with Crippen LogP contribution in [0.5, 0.6) is 0 Å². The normalized spacial score (nSPS) is 11.8. The zero-order chi connectivity index (χ0) is 15.0. The third-order valence-electron chi connectivity index (χ3n) is 3.23. The topological polar surface area (TPSA) is 37.4 Å². The average molecular weight is 279 g/mol. The van der Waals surface area contributed by atoms with Gasteiger partial charge in [0, 0.05) is 38.8 Å². The maximum Gasteiger partial charge on any atom is 0.0589 e. The molecule has 114 valence electrons. The molecule has 0 saturated heterocycles. The molecule has 1 aromatic heterocycles. The number of methoxy groups -OCH3 is 1. The molecule has 0 aliphatic heterocycles. The molecule has 0 unspecified atom stereocenters.